The van der Waals surface area contributed by atoms with Crippen LogP contribution in [0.3, 0.4) is 0 Å². The highest BCUT2D eigenvalue weighted by Gasteiger charge is 2.14. The van der Waals surface area contributed by atoms with Gasteiger partial charge in [0.2, 0.25) is 0 Å². The molecule has 0 spiro atoms. The van der Waals surface area contributed by atoms with Gasteiger partial charge in [0, 0.05) is 30.2 Å². The van der Waals surface area contributed by atoms with Crippen LogP contribution in [-0.2, 0) is 6.42 Å². The lowest BCUT2D eigenvalue weighted by molar-refractivity contribution is 0.501. The monoisotopic (exact) mass is 289 g/mol. The number of hydrogen-bond donors (Lipinski definition) is 1. The molecule has 20 heavy (non-hydrogen) atoms. The molecule has 3 rings (SSSR count). The minimum atomic E-state index is 0.522. The highest BCUT2D eigenvalue weighted by molar-refractivity contribution is 7.15. The Morgan fingerprint density at radius 3 is 3.10 bits per heavy atom. The number of nitrogens with zero attached hydrogens (tertiary/aromatic N) is 2. The lowest BCUT2D eigenvalue weighted by Crippen LogP contribution is -2.31. The normalized spacial score (nSPS) is 17.4. The van der Waals surface area contributed by atoms with Crippen molar-refractivity contribution in [1.82, 2.24) is 14.7 Å². The molecule has 4 heteroatoms. The number of aromatic nitrogens is 2. The molecule has 108 valence electrons. The first-order chi connectivity index (χ1) is 9.85. The highest BCUT2D eigenvalue weighted by Crippen LogP contribution is 2.22. The number of nitrogens with one attached hydrogen (secondary N) is 1. The van der Waals surface area contributed by atoms with Crippen LogP contribution in [-0.4, -0.2) is 22.0 Å². The molecule has 1 N–H and O–H groups in total. The Morgan fingerprint density at radius 2 is 2.35 bits per heavy atom. The molecule has 0 bridgehead atoms. The Hall–Kier alpha value is -1.13. The molecule has 1 aliphatic rings. The maximum atomic E-state index is 4.71. The van der Waals surface area contributed by atoms with Crippen LogP contribution in [0.4, 0.5) is 0 Å². The predicted molar refractivity (Wildman–Crippen MR) is 85.4 cm³/mol. The van der Waals surface area contributed by atoms with E-state index in [0.29, 0.717) is 6.04 Å². The van der Waals surface area contributed by atoms with Crippen LogP contribution in [0.15, 0.2) is 29.4 Å². The molecule has 0 saturated carbocycles. The smallest absolute Gasteiger partial charge is 0.193 e. The molecular weight excluding hydrogens is 266 g/mol. The van der Waals surface area contributed by atoms with E-state index < -0.39 is 0 Å². The van der Waals surface area contributed by atoms with Crippen LogP contribution < -0.4 is 5.32 Å². The molecule has 1 unspecified atom stereocenters. The van der Waals surface area contributed by atoms with Crippen LogP contribution in [0, 0.1) is 0 Å². The van der Waals surface area contributed by atoms with E-state index in [9.17, 15) is 0 Å². The van der Waals surface area contributed by atoms with Gasteiger partial charge < -0.3 is 5.32 Å². The zero-order chi connectivity index (χ0) is 13.8. The molecule has 3 nitrogen and oxygen atoms in total. The van der Waals surface area contributed by atoms with E-state index in [0.717, 1.165) is 17.9 Å². The fourth-order valence-corrected chi connectivity index (χ4v) is 3.76. The second-order valence-corrected chi connectivity index (χ2v) is 6.47. The molecule has 0 amide bonds. The van der Waals surface area contributed by atoms with Gasteiger partial charge >= 0.3 is 0 Å². The predicted octanol–water partition coefficient (Wildman–Crippen LogP) is 3.81. The Morgan fingerprint density at radius 1 is 1.40 bits per heavy atom. The second kappa shape index (κ2) is 6.55. The van der Waals surface area contributed by atoms with Gasteiger partial charge in [-0.05, 0) is 38.6 Å². The lowest BCUT2D eigenvalue weighted by Gasteiger charge is -2.20. The number of fused-ring (bicyclic) bond motifs is 1. The summed E-state index contributed by atoms with van der Waals surface area (Å²) < 4.78 is 2.13. The Bertz CT molecular complexity index is 553. The van der Waals surface area contributed by atoms with Gasteiger partial charge in [-0.3, -0.25) is 4.40 Å². The van der Waals surface area contributed by atoms with Gasteiger partial charge in [0.1, 0.15) is 0 Å². The van der Waals surface area contributed by atoms with Crippen molar-refractivity contribution >= 4 is 16.3 Å². The fourth-order valence-electron chi connectivity index (χ4n) is 3.04. The van der Waals surface area contributed by atoms with Gasteiger partial charge in [-0.1, -0.05) is 18.6 Å². The quantitative estimate of drug-likeness (QED) is 0.819. The third-order valence-corrected chi connectivity index (χ3v) is 4.76. The average Bonchev–Trinajstić information content (AvgIpc) is 3.01. The van der Waals surface area contributed by atoms with E-state index >= 15 is 0 Å². The van der Waals surface area contributed by atoms with E-state index in [4.69, 9.17) is 4.98 Å². The SMILES string of the molecule is CCNC(CC1=CCCCC1)Cc1cn2ccsc2n1. The summed E-state index contributed by atoms with van der Waals surface area (Å²) >= 11 is 1.70. The van der Waals surface area contributed by atoms with Gasteiger partial charge in [0.15, 0.2) is 4.96 Å². The van der Waals surface area contributed by atoms with Crippen LogP contribution in [0.2, 0.25) is 0 Å². The van der Waals surface area contributed by atoms with Crippen molar-refractivity contribution in [2.45, 2.75) is 51.5 Å². The van der Waals surface area contributed by atoms with Gasteiger partial charge in [-0.15, -0.1) is 11.3 Å². The summed E-state index contributed by atoms with van der Waals surface area (Å²) in [5, 5.41) is 5.71. The number of thiazole rings is 1. The van der Waals surface area contributed by atoms with Crippen molar-refractivity contribution in [3.05, 3.63) is 35.1 Å². The van der Waals surface area contributed by atoms with Gasteiger partial charge in [-0.2, -0.15) is 0 Å². The molecule has 2 aromatic rings. The molecule has 0 aliphatic heterocycles. The van der Waals surface area contributed by atoms with Crippen molar-refractivity contribution in [3.8, 4) is 0 Å². The van der Waals surface area contributed by atoms with Crippen LogP contribution in [0.5, 0.6) is 0 Å². The number of imidazole rings is 1. The van der Waals surface area contributed by atoms with Crippen molar-refractivity contribution in [2.75, 3.05) is 6.54 Å². The van der Waals surface area contributed by atoms with Gasteiger partial charge in [0.25, 0.3) is 0 Å². The van der Waals surface area contributed by atoms with Crippen molar-refractivity contribution in [3.63, 3.8) is 0 Å². The average molecular weight is 289 g/mol. The summed E-state index contributed by atoms with van der Waals surface area (Å²) in [6, 6.07) is 0.522. The number of likely N-dealkylation sites (N-methyl/N-ethyl adjacent to an activating group) is 1. The van der Waals surface area contributed by atoms with Crippen LogP contribution in [0.25, 0.3) is 4.96 Å². The molecule has 0 saturated heterocycles. The number of allylic oxidation sites excluding steroid dienone is 1. The maximum Gasteiger partial charge on any atom is 0.193 e. The second-order valence-electron chi connectivity index (χ2n) is 5.60. The number of rotatable bonds is 6. The van der Waals surface area contributed by atoms with Crippen molar-refractivity contribution < 1.29 is 0 Å². The van der Waals surface area contributed by atoms with E-state index in [1.165, 1.54) is 37.8 Å². The van der Waals surface area contributed by atoms with E-state index in [1.807, 2.05) is 0 Å². The Kier molecular flexibility index (Phi) is 4.53. The Labute approximate surface area is 124 Å². The standard InChI is InChI=1S/C16H23N3S/c1-2-17-14(10-13-6-4-3-5-7-13)11-15-12-19-8-9-20-16(19)18-15/h6,8-9,12,14,17H,2-5,7,10-11H2,1H3. The third-order valence-electron chi connectivity index (χ3n) is 3.99. The first kappa shape index (κ1) is 13.8. The van der Waals surface area contributed by atoms with E-state index in [1.54, 1.807) is 16.9 Å². The molecule has 1 aliphatic carbocycles. The van der Waals surface area contributed by atoms with E-state index in [-0.39, 0.29) is 0 Å². The maximum absolute atomic E-state index is 4.71. The van der Waals surface area contributed by atoms with Crippen LogP contribution in [0.1, 0.15) is 44.7 Å². The first-order valence-electron chi connectivity index (χ1n) is 7.67. The van der Waals surface area contributed by atoms with Crippen molar-refractivity contribution in [1.29, 1.82) is 0 Å². The van der Waals surface area contributed by atoms with E-state index in [2.05, 4.69) is 40.5 Å². The zero-order valence-corrected chi connectivity index (χ0v) is 13.0. The molecule has 2 aromatic heterocycles. The largest absolute Gasteiger partial charge is 0.314 e. The number of hydrogen-bond acceptors (Lipinski definition) is 3. The molecule has 0 aromatic carbocycles. The van der Waals surface area contributed by atoms with Crippen molar-refractivity contribution in [2.24, 2.45) is 0 Å². The minimum Gasteiger partial charge on any atom is -0.314 e. The molecule has 1 atom stereocenters. The highest BCUT2D eigenvalue weighted by atomic mass is 32.1. The molecule has 0 fully saturated rings. The lowest BCUT2D eigenvalue weighted by atomic mass is 9.93. The summed E-state index contributed by atoms with van der Waals surface area (Å²) in [6.45, 7) is 3.22. The summed E-state index contributed by atoms with van der Waals surface area (Å²) in [6.07, 6.45) is 14.2. The fraction of sp³-hybridized carbons (Fsp3) is 0.562. The third kappa shape index (κ3) is 3.30. The zero-order valence-electron chi connectivity index (χ0n) is 12.1. The minimum absolute atomic E-state index is 0.522. The molecule has 0 radical (unpaired) electrons. The topological polar surface area (TPSA) is 29.3 Å². The first-order valence-corrected chi connectivity index (χ1v) is 8.55. The summed E-state index contributed by atoms with van der Waals surface area (Å²) in [5.74, 6) is 0. The van der Waals surface area contributed by atoms with Gasteiger partial charge in [0.05, 0.1) is 5.69 Å². The molecular formula is C16H23N3S. The molecule has 2 heterocycles. The Balaban J connectivity index is 1.66. The summed E-state index contributed by atoms with van der Waals surface area (Å²) in [4.78, 5) is 5.81. The van der Waals surface area contributed by atoms with Gasteiger partial charge in [-0.25, -0.2) is 4.98 Å². The van der Waals surface area contributed by atoms with Crippen LogP contribution >= 0.6 is 11.3 Å². The summed E-state index contributed by atoms with van der Waals surface area (Å²) in [5.41, 5.74) is 2.85. The summed E-state index contributed by atoms with van der Waals surface area (Å²) in [7, 11) is 0.